The van der Waals surface area contributed by atoms with E-state index >= 15 is 0 Å². The van der Waals surface area contributed by atoms with Gasteiger partial charge in [-0.1, -0.05) is 12.1 Å². The minimum Gasteiger partial charge on any atom is -0.432 e. The number of para-hydroxylation sites is 2. The van der Waals surface area contributed by atoms with Crippen LogP contribution in [-0.2, 0) is 11.3 Å². The van der Waals surface area contributed by atoms with Crippen molar-refractivity contribution in [3.8, 4) is 5.75 Å². The number of benzene rings is 2. The van der Waals surface area contributed by atoms with Crippen molar-refractivity contribution in [1.82, 2.24) is 9.55 Å². The van der Waals surface area contributed by atoms with E-state index < -0.39 is 11.1 Å². The molecule has 0 saturated carbocycles. The number of nitro benzene ring substituents is 1. The van der Waals surface area contributed by atoms with Crippen LogP contribution in [0, 0.1) is 10.1 Å². The molecular formula is C16H13N3O5. The Bertz CT molecular complexity index is 873. The van der Waals surface area contributed by atoms with Crippen LogP contribution in [0.4, 0.5) is 10.5 Å². The van der Waals surface area contributed by atoms with Gasteiger partial charge in [0.25, 0.3) is 5.69 Å². The number of nitrogens with zero attached hydrogens (tertiary/aromatic N) is 3. The average molecular weight is 327 g/mol. The number of ether oxygens (including phenoxy) is 2. The predicted octanol–water partition coefficient (Wildman–Crippen LogP) is 3.16. The second-order valence-corrected chi connectivity index (χ2v) is 4.88. The highest BCUT2D eigenvalue weighted by Crippen LogP contribution is 2.17. The van der Waals surface area contributed by atoms with Gasteiger partial charge >= 0.3 is 6.16 Å². The molecule has 8 heteroatoms. The van der Waals surface area contributed by atoms with Gasteiger partial charge in [0.1, 0.15) is 12.4 Å². The molecule has 122 valence electrons. The molecule has 0 atom stereocenters. The van der Waals surface area contributed by atoms with Crippen LogP contribution in [0.1, 0.15) is 0 Å². The minimum atomic E-state index is -0.867. The van der Waals surface area contributed by atoms with Gasteiger partial charge in [-0.2, -0.15) is 0 Å². The molecule has 0 radical (unpaired) electrons. The smallest absolute Gasteiger partial charge is 0.432 e. The molecule has 0 aliphatic rings. The lowest BCUT2D eigenvalue weighted by atomic mass is 10.3. The summed E-state index contributed by atoms with van der Waals surface area (Å²) < 4.78 is 11.8. The maximum Gasteiger partial charge on any atom is 0.513 e. The van der Waals surface area contributed by atoms with E-state index in [9.17, 15) is 14.9 Å². The number of aromatic nitrogens is 2. The van der Waals surface area contributed by atoms with E-state index in [1.165, 1.54) is 24.3 Å². The van der Waals surface area contributed by atoms with Crippen molar-refractivity contribution in [3.63, 3.8) is 0 Å². The topological polar surface area (TPSA) is 96.5 Å². The molecule has 2 aromatic carbocycles. The number of nitro groups is 1. The summed E-state index contributed by atoms with van der Waals surface area (Å²) in [4.78, 5) is 25.9. The molecule has 1 aromatic heterocycles. The molecule has 0 fully saturated rings. The van der Waals surface area contributed by atoms with Crippen LogP contribution in [0.5, 0.6) is 5.75 Å². The van der Waals surface area contributed by atoms with Crippen molar-refractivity contribution < 1.29 is 19.2 Å². The summed E-state index contributed by atoms with van der Waals surface area (Å²) in [6.45, 7) is 0.558. The lowest BCUT2D eigenvalue weighted by Gasteiger charge is -2.07. The van der Waals surface area contributed by atoms with Crippen molar-refractivity contribution in [2.75, 3.05) is 6.61 Å². The van der Waals surface area contributed by atoms with E-state index in [2.05, 4.69) is 4.98 Å². The third-order valence-electron chi connectivity index (χ3n) is 3.33. The first-order valence-corrected chi connectivity index (χ1v) is 7.12. The zero-order valence-corrected chi connectivity index (χ0v) is 12.5. The number of hydrogen-bond acceptors (Lipinski definition) is 6. The number of non-ortho nitro benzene ring substituents is 1. The Kier molecular flexibility index (Phi) is 4.37. The first-order valence-electron chi connectivity index (χ1n) is 7.12. The molecule has 0 unspecified atom stereocenters. The summed E-state index contributed by atoms with van der Waals surface area (Å²) in [5, 5.41) is 10.5. The van der Waals surface area contributed by atoms with Crippen LogP contribution >= 0.6 is 0 Å². The summed E-state index contributed by atoms with van der Waals surface area (Å²) in [5.41, 5.74) is 1.73. The Morgan fingerprint density at radius 2 is 1.92 bits per heavy atom. The highest BCUT2D eigenvalue weighted by Gasteiger charge is 2.09. The molecule has 24 heavy (non-hydrogen) atoms. The Morgan fingerprint density at radius 3 is 2.67 bits per heavy atom. The first kappa shape index (κ1) is 15.5. The SMILES string of the molecule is O=C(OCCn1cnc2ccccc21)Oc1ccc([N+](=O)[O-])cc1. The summed E-state index contributed by atoms with van der Waals surface area (Å²) in [7, 11) is 0. The maximum atomic E-state index is 11.6. The maximum absolute atomic E-state index is 11.6. The zero-order valence-electron chi connectivity index (χ0n) is 12.5. The van der Waals surface area contributed by atoms with Crippen LogP contribution < -0.4 is 4.74 Å². The fourth-order valence-corrected chi connectivity index (χ4v) is 2.18. The fraction of sp³-hybridized carbons (Fsp3) is 0.125. The van der Waals surface area contributed by atoms with E-state index in [4.69, 9.17) is 9.47 Å². The quantitative estimate of drug-likeness (QED) is 0.309. The number of rotatable bonds is 5. The average Bonchev–Trinajstić information content (AvgIpc) is 2.99. The summed E-state index contributed by atoms with van der Waals surface area (Å²) in [5.74, 6) is 0.179. The van der Waals surface area contributed by atoms with Crippen molar-refractivity contribution in [3.05, 3.63) is 65.0 Å². The predicted molar refractivity (Wildman–Crippen MR) is 84.8 cm³/mol. The Morgan fingerprint density at radius 1 is 1.17 bits per heavy atom. The first-order chi connectivity index (χ1) is 11.6. The molecule has 0 bridgehead atoms. The summed E-state index contributed by atoms with van der Waals surface area (Å²) in [6, 6.07) is 12.8. The van der Waals surface area contributed by atoms with Crippen LogP contribution in [0.25, 0.3) is 11.0 Å². The number of imidazole rings is 1. The van der Waals surface area contributed by atoms with Gasteiger partial charge in [0.2, 0.25) is 0 Å². The van der Waals surface area contributed by atoms with Crippen LogP contribution in [0.3, 0.4) is 0 Å². The summed E-state index contributed by atoms with van der Waals surface area (Å²) >= 11 is 0. The van der Waals surface area contributed by atoms with Crippen LogP contribution in [-0.4, -0.2) is 27.2 Å². The molecule has 0 spiro atoms. The van der Waals surface area contributed by atoms with Gasteiger partial charge in [-0.25, -0.2) is 9.78 Å². The molecule has 3 aromatic rings. The highest BCUT2D eigenvalue weighted by atomic mass is 16.7. The van der Waals surface area contributed by atoms with Crippen LogP contribution in [0.15, 0.2) is 54.9 Å². The Labute approximate surface area is 136 Å². The normalized spacial score (nSPS) is 10.5. The third-order valence-corrected chi connectivity index (χ3v) is 3.33. The monoisotopic (exact) mass is 327 g/mol. The number of hydrogen-bond donors (Lipinski definition) is 0. The molecule has 3 rings (SSSR count). The molecule has 0 saturated heterocycles. The number of fused-ring (bicyclic) bond motifs is 1. The highest BCUT2D eigenvalue weighted by molar-refractivity contribution is 5.74. The molecule has 1 heterocycles. The largest absolute Gasteiger partial charge is 0.513 e. The minimum absolute atomic E-state index is 0.0808. The van der Waals surface area contributed by atoms with Crippen LogP contribution in [0.2, 0.25) is 0 Å². The van der Waals surface area contributed by atoms with Crippen molar-refractivity contribution in [1.29, 1.82) is 0 Å². The van der Waals surface area contributed by atoms with Gasteiger partial charge < -0.3 is 14.0 Å². The van der Waals surface area contributed by atoms with Gasteiger partial charge in [-0.05, 0) is 24.3 Å². The molecular weight excluding hydrogens is 314 g/mol. The third kappa shape index (κ3) is 3.49. The van der Waals surface area contributed by atoms with E-state index in [-0.39, 0.29) is 18.0 Å². The lowest BCUT2D eigenvalue weighted by Crippen LogP contribution is -2.14. The van der Waals surface area contributed by atoms with E-state index in [0.717, 1.165) is 11.0 Å². The van der Waals surface area contributed by atoms with E-state index in [0.29, 0.717) is 6.54 Å². The lowest BCUT2D eigenvalue weighted by molar-refractivity contribution is -0.384. The van der Waals surface area contributed by atoms with Crippen molar-refractivity contribution >= 4 is 22.9 Å². The Hall–Kier alpha value is -3.42. The van der Waals surface area contributed by atoms with Gasteiger partial charge in [0.05, 0.1) is 28.8 Å². The molecule has 0 aliphatic carbocycles. The van der Waals surface area contributed by atoms with E-state index in [1.54, 1.807) is 6.33 Å². The van der Waals surface area contributed by atoms with Crippen molar-refractivity contribution in [2.45, 2.75) is 6.54 Å². The van der Waals surface area contributed by atoms with Gasteiger partial charge in [0, 0.05) is 12.1 Å². The molecule has 8 nitrogen and oxygen atoms in total. The molecule has 0 N–H and O–H groups in total. The summed E-state index contributed by atoms with van der Waals surface area (Å²) in [6.07, 6.45) is 0.809. The molecule has 0 amide bonds. The number of carbonyl (C=O) groups excluding carboxylic acids is 1. The van der Waals surface area contributed by atoms with Crippen molar-refractivity contribution in [2.24, 2.45) is 0 Å². The van der Waals surface area contributed by atoms with Gasteiger partial charge in [0.15, 0.2) is 0 Å². The molecule has 0 aliphatic heterocycles. The van der Waals surface area contributed by atoms with E-state index in [1.807, 2.05) is 28.8 Å². The van der Waals surface area contributed by atoms with Gasteiger partial charge in [-0.3, -0.25) is 10.1 Å². The fourth-order valence-electron chi connectivity index (χ4n) is 2.18. The zero-order chi connectivity index (χ0) is 16.9. The Balaban J connectivity index is 1.51. The second-order valence-electron chi connectivity index (χ2n) is 4.88. The van der Waals surface area contributed by atoms with Gasteiger partial charge in [-0.15, -0.1) is 0 Å². The standard InChI is InChI=1S/C16H13N3O5/c20-16(24-13-7-5-12(6-8-13)19(21)22)23-10-9-18-11-17-14-3-1-2-4-15(14)18/h1-8,11H,9-10H2. The number of carbonyl (C=O) groups is 1. The second kappa shape index (κ2) is 6.78.